The van der Waals surface area contributed by atoms with E-state index in [1.54, 1.807) is 18.2 Å². The Kier molecular flexibility index (Phi) is 6.48. The Morgan fingerprint density at radius 2 is 1.72 bits per heavy atom. The van der Waals surface area contributed by atoms with Gasteiger partial charge in [0.15, 0.2) is 0 Å². The summed E-state index contributed by atoms with van der Waals surface area (Å²) in [6.07, 6.45) is 3.44. The summed E-state index contributed by atoms with van der Waals surface area (Å²) in [5.41, 5.74) is 1.19. The standard InChI is InChI=1S/C23H26ClNO4/c1-15(2)29-20-11-10-18(14-19(20)21(26)28-3)25-22(27)23(12-4-5-13-23)16-6-8-17(24)9-7-16/h6-11,14-15H,4-5,12-13H2,1-3H3,(H,25,27). The van der Waals surface area contributed by atoms with Crippen LogP contribution in [0, 0.1) is 0 Å². The predicted molar refractivity (Wildman–Crippen MR) is 114 cm³/mol. The first kappa shape index (κ1) is 21.2. The Bertz CT molecular complexity index is 886. The lowest BCUT2D eigenvalue weighted by atomic mass is 9.78. The highest BCUT2D eigenvalue weighted by atomic mass is 35.5. The molecule has 1 fully saturated rings. The topological polar surface area (TPSA) is 64.6 Å². The van der Waals surface area contributed by atoms with Crippen LogP contribution in [0.5, 0.6) is 5.75 Å². The summed E-state index contributed by atoms with van der Waals surface area (Å²) in [6, 6.07) is 12.5. The third kappa shape index (κ3) is 4.56. The highest BCUT2D eigenvalue weighted by Gasteiger charge is 2.42. The van der Waals surface area contributed by atoms with Crippen LogP contribution in [0.2, 0.25) is 5.02 Å². The third-order valence-corrected chi connectivity index (χ3v) is 5.55. The number of ether oxygens (including phenoxy) is 2. The summed E-state index contributed by atoms with van der Waals surface area (Å²) in [4.78, 5) is 25.5. The van der Waals surface area contributed by atoms with Gasteiger partial charge in [-0.05, 0) is 62.6 Å². The number of amides is 1. The summed E-state index contributed by atoms with van der Waals surface area (Å²) in [7, 11) is 1.32. The normalized spacial score (nSPS) is 15.2. The summed E-state index contributed by atoms with van der Waals surface area (Å²) < 4.78 is 10.6. The molecule has 1 aliphatic carbocycles. The number of benzene rings is 2. The number of halogens is 1. The molecule has 154 valence electrons. The van der Waals surface area contributed by atoms with Crippen LogP contribution in [-0.2, 0) is 14.9 Å². The average Bonchev–Trinajstić information content (AvgIpc) is 3.20. The third-order valence-electron chi connectivity index (χ3n) is 5.29. The van der Waals surface area contributed by atoms with Crippen LogP contribution < -0.4 is 10.1 Å². The number of carbonyl (C=O) groups is 2. The van der Waals surface area contributed by atoms with Crippen LogP contribution >= 0.6 is 11.6 Å². The summed E-state index contributed by atoms with van der Waals surface area (Å²) in [5, 5.41) is 3.65. The summed E-state index contributed by atoms with van der Waals surface area (Å²) in [5.74, 6) is -0.158. The molecule has 0 heterocycles. The van der Waals surface area contributed by atoms with Crippen molar-refractivity contribution in [2.75, 3.05) is 12.4 Å². The van der Waals surface area contributed by atoms with E-state index in [0.29, 0.717) is 16.5 Å². The van der Waals surface area contributed by atoms with Gasteiger partial charge in [-0.15, -0.1) is 0 Å². The minimum Gasteiger partial charge on any atom is -0.490 e. The van der Waals surface area contributed by atoms with E-state index in [-0.39, 0.29) is 17.6 Å². The molecule has 0 atom stereocenters. The Labute approximate surface area is 176 Å². The fraction of sp³-hybridized carbons (Fsp3) is 0.391. The summed E-state index contributed by atoms with van der Waals surface area (Å²) in [6.45, 7) is 3.76. The minimum absolute atomic E-state index is 0.0781. The van der Waals surface area contributed by atoms with Gasteiger partial charge in [-0.3, -0.25) is 4.79 Å². The van der Waals surface area contributed by atoms with Crippen molar-refractivity contribution in [1.82, 2.24) is 0 Å². The van der Waals surface area contributed by atoms with Gasteiger partial charge in [-0.25, -0.2) is 4.79 Å². The van der Waals surface area contributed by atoms with Gasteiger partial charge >= 0.3 is 5.97 Å². The largest absolute Gasteiger partial charge is 0.490 e. The minimum atomic E-state index is -0.594. The van der Waals surface area contributed by atoms with Crippen molar-refractivity contribution in [2.45, 2.75) is 51.0 Å². The first-order valence-corrected chi connectivity index (χ1v) is 10.2. The van der Waals surface area contributed by atoms with Gasteiger partial charge in [0.05, 0.1) is 18.6 Å². The molecule has 3 rings (SSSR count). The molecule has 0 unspecified atom stereocenters. The van der Waals surface area contributed by atoms with Crippen LogP contribution in [0.4, 0.5) is 5.69 Å². The molecule has 1 saturated carbocycles. The smallest absolute Gasteiger partial charge is 0.341 e. The lowest BCUT2D eigenvalue weighted by Gasteiger charge is -2.28. The molecule has 2 aromatic rings. The molecular formula is C23H26ClNO4. The monoisotopic (exact) mass is 415 g/mol. The zero-order valence-corrected chi connectivity index (χ0v) is 17.7. The number of esters is 1. The molecule has 1 amide bonds. The van der Waals surface area contributed by atoms with Gasteiger partial charge in [-0.2, -0.15) is 0 Å². The SMILES string of the molecule is COC(=O)c1cc(NC(=O)C2(c3ccc(Cl)cc3)CCCC2)ccc1OC(C)C. The van der Waals surface area contributed by atoms with Crippen molar-refractivity contribution in [3.05, 3.63) is 58.6 Å². The molecular weight excluding hydrogens is 390 g/mol. The molecule has 5 nitrogen and oxygen atoms in total. The molecule has 29 heavy (non-hydrogen) atoms. The highest BCUT2D eigenvalue weighted by molar-refractivity contribution is 6.30. The molecule has 0 bridgehead atoms. The van der Waals surface area contributed by atoms with E-state index in [1.165, 1.54) is 7.11 Å². The number of rotatable bonds is 6. The van der Waals surface area contributed by atoms with Crippen molar-refractivity contribution in [3.8, 4) is 5.75 Å². The Morgan fingerprint density at radius 3 is 2.31 bits per heavy atom. The van der Waals surface area contributed by atoms with Gasteiger partial charge in [0, 0.05) is 10.7 Å². The zero-order valence-electron chi connectivity index (χ0n) is 17.0. The number of nitrogens with one attached hydrogen (secondary N) is 1. The second-order valence-corrected chi connectivity index (χ2v) is 8.06. The first-order chi connectivity index (χ1) is 13.9. The maximum atomic E-state index is 13.3. The van der Waals surface area contributed by atoms with Gasteiger partial charge in [0.25, 0.3) is 0 Å². The van der Waals surface area contributed by atoms with E-state index < -0.39 is 11.4 Å². The van der Waals surface area contributed by atoms with Gasteiger partial charge in [0.2, 0.25) is 5.91 Å². The molecule has 1 aliphatic rings. The number of hydrogen-bond donors (Lipinski definition) is 1. The fourth-order valence-electron chi connectivity index (χ4n) is 3.88. The van der Waals surface area contributed by atoms with Gasteiger partial charge in [-0.1, -0.05) is 36.6 Å². The van der Waals surface area contributed by atoms with Crippen LogP contribution in [0.15, 0.2) is 42.5 Å². The number of hydrogen-bond acceptors (Lipinski definition) is 4. The molecule has 0 aliphatic heterocycles. The molecule has 0 saturated heterocycles. The second-order valence-electron chi connectivity index (χ2n) is 7.62. The number of anilines is 1. The first-order valence-electron chi connectivity index (χ1n) is 9.82. The van der Waals surface area contributed by atoms with E-state index in [2.05, 4.69) is 5.32 Å². The number of carbonyl (C=O) groups excluding carboxylic acids is 2. The van der Waals surface area contributed by atoms with Crippen LogP contribution in [-0.4, -0.2) is 25.1 Å². The Hall–Kier alpha value is -2.53. The highest BCUT2D eigenvalue weighted by Crippen LogP contribution is 2.42. The second kappa shape index (κ2) is 8.87. The summed E-state index contributed by atoms with van der Waals surface area (Å²) >= 11 is 6.03. The Balaban J connectivity index is 1.90. The maximum absolute atomic E-state index is 13.3. The predicted octanol–water partition coefficient (Wildman–Crippen LogP) is 5.36. The van der Waals surface area contributed by atoms with Crippen molar-refractivity contribution < 1.29 is 19.1 Å². The quantitative estimate of drug-likeness (QED) is 0.644. The van der Waals surface area contributed by atoms with E-state index in [4.69, 9.17) is 21.1 Å². The van der Waals surface area contributed by atoms with Crippen LogP contribution in [0.3, 0.4) is 0 Å². The lowest BCUT2D eigenvalue weighted by molar-refractivity contribution is -0.121. The van der Waals surface area contributed by atoms with E-state index in [9.17, 15) is 9.59 Å². The van der Waals surface area contributed by atoms with Crippen molar-refractivity contribution in [1.29, 1.82) is 0 Å². The maximum Gasteiger partial charge on any atom is 0.341 e. The van der Waals surface area contributed by atoms with E-state index in [1.807, 2.05) is 38.1 Å². The molecule has 2 aromatic carbocycles. The van der Waals surface area contributed by atoms with Crippen LogP contribution in [0.1, 0.15) is 55.5 Å². The molecule has 0 spiro atoms. The number of methoxy groups -OCH3 is 1. The van der Waals surface area contributed by atoms with Crippen LogP contribution in [0.25, 0.3) is 0 Å². The van der Waals surface area contributed by atoms with E-state index in [0.717, 1.165) is 31.2 Å². The molecule has 0 aromatic heterocycles. The molecule has 1 N–H and O–H groups in total. The lowest BCUT2D eigenvalue weighted by Crippen LogP contribution is -2.38. The molecule has 0 radical (unpaired) electrons. The fourth-order valence-corrected chi connectivity index (χ4v) is 4.00. The van der Waals surface area contributed by atoms with E-state index >= 15 is 0 Å². The van der Waals surface area contributed by atoms with Crippen molar-refractivity contribution in [3.63, 3.8) is 0 Å². The molecule has 6 heteroatoms. The van der Waals surface area contributed by atoms with Crippen molar-refractivity contribution in [2.24, 2.45) is 0 Å². The van der Waals surface area contributed by atoms with Crippen molar-refractivity contribution >= 4 is 29.2 Å². The average molecular weight is 416 g/mol. The zero-order chi connectivity index (χ0) is 21.0. The van der Waals surface area contributed by atoms with Gasteiger partial charge < -0.3 is 14.8 Å². The van der Waals surface area contributed by atoms with Gasteiger partial charge in [0.1, 0.15) is 11.3 Å². The Morgan fingerprint density at radius 1 is 1.07 bits per heavy atom.